The molecular weight excluding hydrogens is 426 g/mol. The Morgan fingerprint density at radius 3 is 2.58 bits per heavy atom. The van der Waals surface area contributed by atoms with E-state index in [1.54, 1.807) is 37.1 Å². The number of piperazine rings is 1. The third-order valence-electron chi connectivity index (χ3n) is 5.83. The predicted molar refractivity (Wildman–Crippen MR) is 124 cm³/mol. The Morgan fingerprint density at radius 1 is 1.18 bits per heavy atom. The standard InChI is InChI=1S/C23H23N5O5/c1-15-20(22(29)27(24-15)19-5-3-4-17(13-19)23(30)31)12-16-6-8-18(9-7-16)26-11-10-25(2)21(14-26)28(32)33/h3-9,12-13,21H,10-11,14H2,1-2H3,(H,30,31)/b20-12-/t21-/m0/s1. The lowest BCUT2D eigenvalue weighted by atomic mass is 10.1. The molecule has 4 rings (SSSR count). The molecule has 2 aromatic carbocycles. The number of hydrogen-bond donors (Lipinski definition) is 1. The van der Waals surface area contributed by atoms with E-state index in [0.717, 1.165) is 11.3 Å². The van der Waals surface area contributed by atoms with Gasteiger partial charge in [-0.3, -0.25) is 14.9 Å². The molecule has 10 nitrogen and oxygen atoms in total. The lowest BCUT2D eigenvalue weighted by Gasteiger charge is -2.35. The summed E-state index contributed by atoms with van der Waals surface area (Å²) >= 11 is 0. The van der Waals surface area contributed by atoms with Crippen molar-refractivity contribution in [2.75, 3.05) is 36.6 Å². The Bertz CT molecular complexity index is 1170. The molecule has 0 spiro atoms. The molecule has 1 saturated heterocycles. The van der Waals surface area contributed by atoms with Gasteiger partial charge in [0.05, 0.1) is 22.5 Å². The first-order valence-corrected chi connectivity index (χ1v) is 10.4. The molecular formula is C23H23N5O5. The number of hydrogen-bond acceptors (Lipinski definition) is 7. The summed E-state index contributed by atoms with van der Waals surface area (Å²) in [7, 11) is 1.75. The zero-order valence-corrected chi connectivity index (χ0v) is 18.2. The highest BCUT2D eigenvalue weighted by atomic mass is 16.6. The van der Waals surface area contributed by atoms with Crippen LogP contribution in [0.15, 0.2) is 59.2 Å². The minimum atomic E-state index is -1.08. The molecule has 0 radical (unpaired) electrons. The first-order valence-electron chi connectivity index (χ1n) is 10.4. The summed E-state index contributed by atoms with van der Waals surface area (Å²) in [5, 5.41) is 26.0. The van der Waals surface area contributed by atoms with E-state index < -0.39 is 12.1 Å². The number of carbonyl (C=O) groups is 2. The molecule has 1 atom stereocenters. The van der Waals surface area contributed by atoms with Crippen molar-refractivity contribution in [3.63, 3.8) is 0 Å². The molecule has 0 bridgehead atoms. The molecule has 33 heavy (non-hydrogen) atoms. The lowest BCUT2D eigenvalue weighted by molar-refractivity contribution is -0.547. The van der Waals surface area contributed by atoms with E-state index >= 15 is 0 Å². The van der Waals surface area contributed by atoms with Crippen molar-refractivity contribution < 1.29 is 19.6 Å². The van der Waals surface area contributed by atoms with Crippen LogP contribution in [0.2, 0.25) is 0 Å². The number of amides is 1. The summed E-state index contributed by atoms with van der Waals surface area (Å²) in [5.41, 5.74) is 3.07. The Balaban J connectivity index is 1.52. The molecule has 0 aromatic heterocycles. The number of rotatable bonds is 5. The second kappa shape index (κ2) is 8.83. The fourth-order valence-corrected chi connectivity index (χ4v) is 3.90. The van der Waals surface area contributed by atoms with Crippen LogP contribution in [0.25, 0.3) is 6.08 Å². The minimum Gasteiger partial charge on any atom is -0.478 e. The molecule has 1 N–H and O–H groups in total. The SMILES string of the molecule is CC1=NN(c2cccc(C(=O)O)c2)C(=O)/C1=C\c1ccc(N2CCN(C)[C@@H]([N+](=O)[O-])C2)cc1. The fourth-order valence-electron chi connectivity index (χ4n) is 3.90. The van der Waals surface area contributed by atoms with Crippen LogP contribution in [-0.2, 0) is 4.79 Å². The van der Waals surface area contributed by atoms with Gasteiger partial charge >= 0.3 is 5.97 Å². The minimum absolute atomic E-state index is 0.0735. The van der Waals surface area contributed by atoms with Crippen LogP contribution in [0.3, 0.4) is 0 Å². The zero-order chi connectivity index (χ0) is 23.7. The van der Waals surface area contributed by atoms with E-state index in [0.29, 0.717) is 36.6 Å². The number of nitrogens with zero attached hydrogens (tertiary/aromatic N) is 5. The molecule has 1 fully saturated rings. The van der Waals surface area contributed by atoms with Crippen molar-refractivity contribution in [3.05, 3.63) is 75.3 Å². The van der Waals surface area contributed by atoms with Crippen LogP contribution in [0.1, 0.15) is 22.8 Å². The van der Waals surface area contributed by atoms with Crippen LogP contribution in [0.5, 0.6) is 0 Å². The van der Waals surface area contributed by atoms with Gasteiger partial charge in [-0.25, -0.2) is 9.69 Å². The summed E-state index contributed by atoms with van der Waals surface area (Å²) < 4.78 is 0. The van der Waals surface area contributed by atoms with Crippen molar-refractivity contribution in [3.8, 4) is 0 Å². The van der Waals surface area contributed by atoms with Crippen molar-refractivity contribution in [1.82, 2.24) is 4.90 Å². The van der Waals surface area contributed by atoms with E-state index in [4.69, 9.17) is 0 Å². The van der Waals surface area contributed by atoms with Crippen LogP contribution in [0, 0.1) is 10.1 Å². The van der Waals surface area contributed by atoms with Gasteiger partial charge in [0.1, 0.15) is 6.54 Å². The molecule has 0 saturated carbocycles. The van der Waals surface area contributed by atoms with Gasteiger partial charge in [0.2, 0.25) is 0 Å². The van der Waals surface area contributed by atoms with Gasteiger partial charge in [-0.2, -0.15) is 10.1 Å². The smallest absolute Gasteiger partial charge is 0.335 e. The maximum atomic E-state index is 13.0. The average molecular weight is 449 g/mol. The quantitative estimate of drug-likeness (QED) is 0.423. The van der Waals surface area contributed by atoms with E-state index in [2.05, 4.69) is 5.10 Å². The van der Waals surface area contributed by atoms with E-state index in [1.165, 1.54) is 17.1 Å². The number of nitro groups is 1. The largest absolute Gasteiger partial charge is 0.478 e. The third kappa shape index (κ3) is 4.46. The van der Waals surface area contributed by atoms with Crippen LogP contribution >= 0.6 is 0 Å². The molecule has 0 unspecified atom stereocenters. The first kappa shape index (κ1) is 22.2. The summed E-state index contributed by atoms with van der Waals surface area (Å²) in [5.74, 6) is -1.42. The molecule has 2 aromatic rings. The van der Waals surface area contributed by atoms with Gasteiger partial charge in [-0.15, -0.1) is 0 Å². The van der Waals surface area contributed by atoms with Gasteiger partial charge in [0.25, 0.3) is 12.1 Å². The van der Waals surface area contributed by atoms with Gasteiger partial charge in [0.15, 0.2) is 0 Å². The summed E-state index contributed by atoms with van der Waals surface area (Å²) in [6, 6.07) is 13.5. The second-order valence-electron chi connectivity index (χ2n) is 8.00. The molecule has 2 aliphatic rings. The van der Waals surface area contributed by atoms with E-state index in [1.807, 2.05) is 29.2 Å². The van der Waals surface area contributed by atoms with Crippen LogP contribution in [0.4, 0.5) is 11.4 Å². The summed E-state index contributed by atoms with van der Waals surface area (Å²) in [6.45, 7) is 3.32. The number of carboxylic acid groups (broad SMARTS) is 1. The molecule has 2 heterocycles. The van der Waals surface area contributed by atoms with Crippen molar-refractivity contribution in [2.24, 2.45) is 5.10 Å². The summed E-state index contributed by atoms with van der Waals surface area (Å²) in [6.07, 6.45) is 0.983. The number of carboxylic acids is 1. The maximum absolute atomic E-state index is 13.0. The molecule has 0 aliphatic carbocycles. The Morgan fingerprint density at radius 2 is 1.91 bits per heavy atom. The Kier molecular flexibility index (Phi) is 5.93. The van der Waals surface area contributed by atoms with Crippen LogP contribution in [-0.4, -0.2) is 65.4 Å². The highest BCUT2D eigenvalue weighted by Gasteiger charge is 2.33. The Labute approximate surface area is 190 Å². The van der Waals surface area contributed by atoms with Gasteiger partial charge < -0.3 is 10.0 Å². The maximum Gasteiger partial charge on any atom is 0.335 e. The molecule has 1 amide bonds. The second-order valence-corrected chi connectivity index (χ2v) is 8.00. The number of likely N-dealkylation sites (N-methyl/N-ethyl adjacent to an activating group) is 1. The monoisotopic (exact) mass is 449 g/mol. The van der Waals surface area contributed by atoms with E-state index in [9.17, 15) is 24.8 Å². The van der Waals surface area contributed by atoms with Gasteiger partial charge in [-0.05, 0) is 55.9 Å². The normalized spacial score (nSPS) is 20.3. The zero-order valence-electron chi connectivity index (χ0n) is 18.2. The number of benzene rings is 2. The number of carbonyl (C=O) groups excluding carboxylic acids is 1. The van der Waals surface area contributed by atoms with Crippen molar-refractivity contribution >= 4 is 35.0 Å². The number of anilines is 2. The number of aromatic carboxylic acids is 1. The average Bonchev–Trinajstić information content (AvgIpc) is 3.08. The van der Waals surface area contributed by atoms with Crippen molar-refractivity contribution in [1.29, 1.82) is 0 Å². The Hall–Kier alpha value is -4.05. The molecule has 170 valence electrons. The molecule has 2 aliphatic heterocycles. The predicted octanol–water partition coefficient (Wildman–Crippen LogP) is 2.55. The van der Waals surface area contributed by atoms with E-state index in [-0.39, 0.29) is 16.4 Å². The highest BCUT2D eigenvalue weighted by molar-refractivity contribution is 6.32. The molecule has 10 heteroatoms. The van der Waals surface area contributed by atoms with Crippen LogP contribution < -0.4 is 9.91 Å². The van der Waals surface area contributed by atoms with Crippen molar-refractivity contribution in [2.45, 2.75) is 13.1 Å². The topological polar surface area (TPSA) is 120 Å². The fraction of sp³-hybridized carbons (Fsp3) is 0.261. The first-order chi connectivity index (χ1) is 15.7. The third-order valence-corrected chi connectivity index (χ3v) is 5.83. The van der Waals surface area contributed by atoms with Gasteiger partial charge in [0, 0.05) is 23.7 Å². The summed E-state index contributed by atoms with van der Waals surface area (Å²) in [4.78, 5) is 38.9. The number of hydrazone groups is 1. The highest BCUT2D eigenvalue weighted by Crippen LogP contribution is 2.27. The van der Waals surface area contributed by atoms with Gasteiger partial charge in [-0.1, -0.05) is 18.2 Å². The lowest BCUT2D eigenvalue weighted by Crippen LogP contribution is -2.54.